The van der Waals surface area contributed by atoms with Crippen LogP contribution in [0.1, 0.15) is 64.4 Å². The first-order valence-corrected chi connectivity index (χ1v) is 18.7. The smallest absolute Gasteiger partial charge is 0.341 e. The van der Waals surface area contributed by atoms with Crippen LogP contribution in [-0.2, 0) is 9.47 Å². The fourth-order valence-corrected chi connectivity index (χ4v) is 11.4. The summed E-state index contributed by atoms with van der Waals surface area (Å²) < 4.78 is 46.6. The van der Waals surface area contributed by atoms with Gasteiger partial charge < -0.3 is 24.8 Å². The van der Waals surface area contributed by atoms with E-state index in [1.807, 2.05) is 0 Å². The normalized spacial score (nSPS) is 11.9. The lowest BCUT2D eigenvalue weighted by Gasteiger charge is -2.38. The van der Waals surface area contributed by atoms with Crippen LogP contribution in [0.5, 0.6) is 5.75 Å². The molecule has 0 spiro atoms. The highest BCUT2D eigenvalue weighted by Crippen LogP contribution is 2.42. The van der Waals surface area contributed by atoms with Crippen molar-refractivity contribution < 1.29 is 32.6 Å². The number of alkyl halides is 3. The second-order valence-corrected chi connectivity index (χ2v) is 20.1. The number of hydrogen-bond acceptors (Lipinski definition) is 6. The largest absolute Gasteiger partial charge is 0.468 e. The number of benzene rings is 2. The Morgan fingerprint density at radius 1 is 1.04 bits per heavy atom. The van der Waals surface area contributed by atoms with E-state index in [1.165, 1.54) is 25.3 Å². The maximum absolute atomic E-state index is 16.7. The summed E-state index contributed by atoms with van der Waals surface area (Å²) in [5.41, 5.74) is 3.29. The molecule has 2 aromatic carbocycles. The number of aromatic nitrogens is 1. The van der Waals surface area contributed by atoms with Gasteiger partial charge in [0.25, 0.3) is 0 Å². The first kappa shape index (κ1) is 39.3. The number of amides is 2. The quantitative estimate of drug-likeness (QED) is 0.0668. The highest BCUT2D eigenvalue weighted by molar-refractivity contribution is 6.90. The van der Waals surface area contributed by atoms with E-state index in [4.69, 9.17) is 49.0 Å². The minimum Gasteiger partial charge on any atom is -0.468 e. The number of urea groups is 1. The lowest BCUT2D eigenvalue weighted by atomic mass is 9.95. The van der Waals surface area contributed by atoms with Crippen LogP contribution in [0, 0.1) is 23.1 Å². The zero-order chi connectivity index (χ0) is 36.0. The van der Waals surface area contributed by atoms with Crippen molar-refractivity contribution in [1.82, 2.24) is 10.3 Å². The number of nitrogens with one attached hydrogen (secondary N) is 2. The third-order valence-electron chi connectivity index (χ3n) is 8.11. The van der Waals surface area contributed by atoms with Crippen molar-refractivity contribution in [3.8, 4) is 28.5 Å². The number of rotatable bonds is 11. The van der Waals surface area contributed by atoms with Crippen molar-refractivity contribution in [3.63, 3.8) is 0 Å². The Balaban J connectivity index is 2.42. The molecule has 2 amide bonds. The van der Waals surface area contributed by atoms with Gasteiger partial charge in [0.05, 0.1) is 24.4 Å². The summed E-state index contributed by atoms with van der Waals surface area (Å²) >= 11 is 17.2. The van der Waals surface area contributed by atoms with Gasteiger partial charge in [-0.25, -0.2) is 18.4 Å². The molecule has 14 heteroatoms. The van der Waals surface area contributed by atoms with Crippen LogP contribution in [0.4, 0.5) is 19.3 Å². The minimum absolute atomic E-state index is 0.0279. The zero-order valence-electron chi connectivity index (χ0n) is 28.1. The van der Waals surface area contributed by atoms with E-state index < -0.39 is 47.7 Å². The first-order valence-electron chi connectivity index (χ1n) is 15.4. The van der Waals surface area contributed by atoms with Gasteiger partial charge in [-0.15, -0.1) is 5.54 Å². The number of carbonyl (C=O) groups is 2. The lowest BCUT2D eigenvalue weighted by Crippen LogP contribution is -2.43. The summed E-state index contributed by atoms with van der Waals surface area (Å²) in [7, 11) is -0.881. The maximum Gasteiger partial charge on any atom is 0.341 e. The number of ether oxygens (including phenoxy) is 3. The van der Waals surface area contributed by atoms with E-state index in [1.54, 1.807) is 13.0 Å². The zero-order valence-corrected chi connectivity index (χ0v) is 31.4. The molecule has 0 aliphatic carbocycles. The molecule has 2 N–H and O–H groups in total. The second-order valence-electron chi connectivity index (χ2n) is 12.0. The van der Waals surface area contributed by atoms with E-state index in [9.17, 15) is 9.59 Å². The summed E-state index contributed by atoms with van der Waals surface area (Å²) in [6, 6.07) is 5.00. The number of halogens is 5. The van der Waals surface area contributed by atoms with E-state index in [-0.39, 0.29) is 63.5 Å². The molecule has 8 nitrogen and oxygen atoms in total. The molecule has 0 radical (unpaired) electrons. The second kappa shape index (κ2) is 16.5. The predicted octanol–water partition coefficient (Wildman–Crippen LogP) is 9.40. The van der Waals surface area contributed by atoms with Gasteiger partial charge in [0.2, 0.25) is 3.79 Å². The molecule has 0 fully saturated rings. The molecule has 0 bridgehead atoms. The monoisotopic (exact) mass is 741 g/mol. The molecule has 0 aliphatic rings. The van der Waals surface area contributed by atoms with Crippen molar-refractivity contribution in [2.75, 3.05) is 32.4 Å². The van der Waals surface area contributed by atoms with Gasteiger partial charge in [-0.2, -0.15) is 0 Å². The number of anilines is 1. The molecule has 0 aliphatic heterocycles. The number of nitrogens with zero attached hydrogens (tertiary/aromatic N) is 1. The number of hydrogen-bond donors (Lipinski definition) is 2. The fraction of sp³-hybridized carbons (Fsp3) is 0.441. The van der Waals surface area contributed by atoms with E-state index in [0.717, 1.165) is 6.20 Å². The van der Waals surface area contributed by atoms with Gasteiger partial charge in [0, 0.05) is 24.3 Å². The molecular formula is C34H40Cl3F2N3O5Si. The predicted molar refractivity (Wildman–Crippen MR) is 191 cm³/mol. The summed E-state index contributed by atoms with van der Waals surface area (Å²) in [4.78, 5) is 29.9. The molecule has 0 saturated carbocycles. The van der Waals surface area contributed by atoms with E-state index >= 15 is 8.78 Å². The summed E-state index contributed by atoms with van der Waals surface area (Å²) in [5, 5.41) is 5.38. The molecular weight excluding hydrogens is 703 g/mol. The highest BCUT2D eigenvalue weighted by atomic mass is 35.6. The highest BCUT2D eigenvalue weighted by Gasteiger charge is 2.42. The Bertz CT molecular complexity index is 1700. The van der Waals surface area contributed by atoms with Gasteiger partial charge in [-0.1, -0.05) is 88.3 Å². The van der Waals surface area contributed by atoms with Gasteiger partial charge in [0.1, 0.15) is 30.9 Å². The first-order chi connectivity index (χ1) is 22.5. The average molecular weight is 743 g/mol. The minimum atomic E-state index is -2.33. The average Bonchev–Trinajstić information content (AvgIpc) is 3.00. The SMILES string of the molecule is CCOC(=O)c1cnc(-c2cc(OCOC)cc3ccc(F)c(C#C[Si](C(C)C)(C(C)C)C(C)C)c23)c(F)c1NC(=O)NCC(Cl)(Cl)Cl. The molecule has 1 aromatic heterocycles. The van der Waals surface area contributed by atoms with E-state index in [2.05, 4.69) is 68.6 Å². The van der Waals surface area contributed by atoms with Crippen LogP contribution in [0.25, 0.3) is 22.0 Å². The molecule has 0 atom stereocenters. The third kappa shape index (κ3) is 8.90. The molecule has 1 heterocycles. The maximum atomic E-state index is 16.7. The van der Waals surface area contributed by atoms with Crippen molar-refractivity contribution in [3.05, 3.63) is 53.2 Å². The van der Waals surface area contributed by atoms with Gasteiger partial charge >= 0.3 is 12.0 Å². The Kier molecular flexibility index (Phi) is 13.5. The van der Waals surface area contributed by atoms with Crippen LogP contribution in [0.15, 0.2) is 30.5 Å². The van der Waals surface area contributed by atoms with Crippen LogP contribution in [0.3, 0.4) is 0 Å². The third-order valence-corrected chi connectivity index (χ3v) is 14.8. The van der Waals surface area contributed by atoms with Crippen molar-refractivity contribution >= 4 is 71.3 Å². The van der Waals surface area contributed by atoms with Crippen LogP contribution in [-0.4, -0.2) is 55.9 Å². The van der Waals surface area contributed by atoms with Crippen LogP contribution in [0.2, 0.25) is 16.6 Å². The standard InChI is InChI=1S/C34H40Cl3F2N3O5Si/c1-9-46-32(43)26-16-40-30(29(39)31(26)42-33(44)41-17-34(35,36)37)25-15-23(47-18-45-8)14-22-10-11-27(38)24(28(22)25)12-13-48(19(2)3,20(4)5)21(6)7/h10-11,14-16,19-21H,9,17-18H2,1-8H3,(H2,40,41,42,44). The molecule has 3 rings (SSSR count). The fourth-order valence-electron chi connectivity index (χ4n) is 6.03. The van der Waals surface area contributed by atoms with Crippen LogP contribution >= 0.6 is 34.8 Å². The number of carbonyl (C=O) groups excluding carboxylic acids is 2. The Morgan fingerprint density at radius 2 is 1.69 bits per heavy atom. The van der Waals surface area contributed by atoms with E-state index in [0.29, 0.717) is 5.39 Å². The van der Waals surface area contributed by atoms with Gasteiger partial charge in [-0.05, 0) is 47.1 Å². The lowest BCUT2D eigenvalue weighted by molar-refractivity contribution is 0.0511. The molecule has 48 heavy (non-hydrogen) atoms. The van der Waals surface area contributed by atoms with Crippen molar-refractivity contribution in [1.29, 1.82) is 0 Å². The molecule has 260 valence electrons. The topological polar surface area (TPSA) is 98.8 Å². The Labute approximate surface area is 296 Å². The number of methoxy groups -OCH3 is 1. The van der Waals surface area contributed by atoms with Crippen LogP contribution < -0.4 is 15.4 Å². The van der Waals surface area contributed by atoms with Crippen molar-refractivity contribution in [2.24, 2.45) is 0 Å². The summed E-state index contributed by atoms with van der Waals surface area (Å²) in [6.45, 7) is 13.9. The molecule has 0 unspecified atom stereocenters. The number of fused-ring (bicyclic) bond motifs is 1. The van der Waals surface area contributed by atoms with Gasteiger partial charge in [0.15, 0.2) is 12.6 Å². The number of esters is 1. The Hall–Kier alpha value is -3.14. The summed E-state index contributed by atoms with van der Waals surface area (Å²) in [5.74, 6) is 0.809. The molecule has 3 aromatic rings. The van der Waals surface area contributed by atoms with Gasteiger partial charge in [-0.3, -0.25) is 4.98 Å². The number of pyridine rings is 1. The Morgan fingerprint density at radius 3 is 2.25 bits per heavy atom. The summed E-state index contributed by atoms with van der Waals surface area (Å²) in [6.07, 6.45) is 1.06. The van der Waals surface area contributed by atoms with Crippen molar-refractivity contribution in [2.45, 2.75) is 68.9 Å². The molecule has 0 saturated heterocycles.